The number of carbonyl (C=O) groups is 1. The molecule has 0 spiro atoms. The quantitative estimate of drug-likeness (QED) is 0.721. The maximum atomic E-state index is 12.6. The highest BCUT2D eigenvalue weighted by molar-refractivity contribution is 5.98. The van der Waals surface area contributed by atoms with Crippen molar-refractivity contribution < 1.29 is 26.8 Å². The van der Waals surface area contributed by atoms with E-state index in [1.165, 1.54) is 22.4 Å². The molecule has 3 nitrogen and oxygen atoms in total. The molecular formula is C18H28ClNO2. The first-order valence-electron chi connectivity index (χ1n) is 8.13. The molecule has 124 valence electrons. The average molecular weight is 326 g/mol. The van der Waals surface area contributed by atoms with Crippen LogP contribution in [0.25, 0.3) is 0 Å². The van der Waals surface area contributed by atoms with E-state index in [2.05, 4.69) is 21.0 Å². The number of benzene rings is 1. The standard InChI is InChI=1S/C18H27NO2.ClH/c1-5-6-10-16(20)13-11-12-17(21-4)14-8-7-9-15(18(13)14)19(2)3;/h11-12,15H,5-10H2,1-4H3;1H. The highest BCUT2D eigenvalue weighted by atomic mass is 35.5. The Morgan fingerprint density at radius 1 is 1.36 bits per heavy atom. The van der Waals surface area contributed by atoms with Gasteiger partial charge in [0.15, 0.2) is 5.78 Å². The minimum atomic E-state index is 0. The number of carbonyl (C=O) groups excluding carboxylic acids is 1. The van der Waals surface area contributed by atoms with Crippen molar-refractivity contribution in [1.82, 2.24) is 0 Å². The molecule has 1 aliphatic rings. The lowest BCUT2D eigenvalue weighted by molar-refractivity contribution is -0.893. The van der Waals surface area contributed by atoms with Crippen molar-refractivity contribution in [3.8, 4) is 5.75 Å². The zero-order valence-corrected chi connectivity index (χ0v) is 14.9. The second-order valence-electron chi connectivity index (χ2n) is 6.26. The van der Waals surface area contributed by atoms with E-state index in [0.717, 1.165) is 37.0 Å². The molecule has 1 N–H and O–H groups in total. The summed E-state index contributed by atoms with van der Waals surface area (Å²) < 4.78 is 5.54. The smallest absolute Gasteiger partial charge is 0.163 e. The number of Topliss-reactive ketones (excluding diaryl/α,β-unsaturated/α-hetero) is 1. The molecule has 1 aromatic rings. The van der Waals surface area contributed by atoms with Gasteiger partial charge in [0.25, 0.3) is 0 Å². The Bertz CT molecular complexity index is 514. The molecule has 1 atom stereocenters. The van der Waals surface area contributed by atoms with Gasteiger partial charge in [-0.15, -0.1) is 0 Å². The molecule has 1 aliphatic carbocycles. The molecule has 0 saturated heterocycles. The number of quaternary nitrogens is 1. The fourth-order valence-electron chi connectivity index (χ4n) is 3.41. The lowest BCUT2D eigenvalue weighted by Crippen LogP contribution is -3.06. The number of rotatable bonds is 6. The second kappa shape index (κ2) is 8.54. The molecule has 0 aromatic heterocycles. The SMILES string of the molecule is CCCCC(=O)c1ccc(OC)c2c1C([NH+](C)C)CCC2.[Cl-]. The van der Waals surface area contributed by atoms with Gasteiger partial charge in [0.1, 0.15) is 11.8 Å². The monoisotopic (exact) mass is 325 g/mol. The minimum Gasteiger partial charge on any atom is -1.00 e. The van der Waals surface area contributed by atoms with Crippen LogP contribution in [0, 0.1) is 0 Å². The van der Waals surface area contributed by atoms with E-state index in [-0.39, 0.29) is 12.4 Å². The van der Waals surface area contributed by atoms with Crippen molar-refractivity contribution in [3.05, 3.63) is 28.8 Å². The number of ether oxygens (including phenoxy) is 1. The highest BCUT2D eigenvalue weighted by Gasteiger charge is 2.31. The topological polar surface area (TPSA) is 30.7 Å². The van der Waals surface area contributed by atoms with Crippen LogP contribution in [-0.4, -0.2) is 27.0 Å². The van der Waals surface area contributed by atoms with Gasteiger partial charge in [-0.1, -0.05) is 13.3 Å². The molecule has 4 heteroatoms. The molecule has 2 rings (SSSR count). The summed E-state index contributed by atoms with van der Waals surface area (Å²) in [7, 11) is 6.08. The van der Waals surface area contributed by atoms with Crippen LogP contribution in [0.2, 0.25) is 0 Å². The van der Waals surface area contributed by atoms with Gasteiger partial charge in [0.2, 0.25) is 0 Å². The largest absolute Gasteiger partial charge is 1.00 e. The number of fused-ring (bicyclic) bond motifs is 1. The Hall–Kier alpha value is -1.06. The number of ketones is 1. The van der Waals surface area contributed by atoms with Crippen LogP contribution in [0.4, 0.5) is 0 Å². The zero-order chi connectivity index (χ0) is 15.4. The maximum Gasteiger partial charge on any atom is 0.163 e. The van der Waals surface area contributed by atoms with Gasteiger partial charge >= 0.3 is 0 Å². The fraction of sp³-hybridized carbons (Fsp3) is 0.611. The molecule has 0 saturated carbocycles. The molecule has 0 aliphatic heterocycles. The van der Waals surface area contributed by atoms with Crippen LogP contribution >= 0.6 is 0 Å². The maximum absolute atomic E-state index is 12.6. The molecule has 0 radical (unpaired) electrons. The predicted molar refractivity (Wildman–Crippen MR) is 85.3 cm³/mol. The molecular weight excluding hydrogens is 298 g/mol. The number of nitrogens with one attached hydrogen (secondary N) is 1. The van der Waals surface area contributed by atoms with Gasteiger partial charge in [0.05, 0.1) is 21.2 Å². The van der Waals surface area contributed by atoms with Gasteiger partial charge in [0, 0.05) is 29.5 Å². The summed E-state index contributed by atoms with van der Waals surface area (Å²) in [6, 6.07) is 4.37. The second-order valence-corrected chi connectivity index (χ2v) is 6.26. The van der Waals surface area contributed by atoms with Crippen LogP contribution in [-0.2, 0) is 6.42 Å². The molecule has 1 unspecified atom stereocenters. The van der Waals surface area contributed by atoms with Gasteiger partial charge in [-0.05, 0) is 31.4 Å². The fourth-order valence-corrected chi connectivity index (χ4v) is 3.41. The summed E-state index contributed by atoms with van der Waals surface area (Å²) >= 11 is 0. The van der Waals surface area contributed by atoms with Crippen molar-refractivity contribution >= 4 is 5.78 Å². The first kappa shape index (κ1) is 19.0. The molecule has 0 amide bonds. The van der Waals surface area contributed by atoms with Gasteiger partial charge < -0.3 is 22.0 Å². The Morgan fingerprint density at radius 3 is 2.68 bits per heavy atom. The third-order valence-corrected chi connectivity index (χ3v) is 4.56. The Morgan fingerprint density at radius 2 is 2.09 bits per heavy atom. The van der Waals surface area contributed by atoms with E-state index in [9.17, 15) is 4.79 Å². The number of methoxy groups -OCH3 is 1. The van der Waals surface area contributed by atoms with Crippen LogP contribution in [0.15, 0.2) is 12.1 Å². The number of hydrogen-bond acceptors (Lipinski definition) is 2. The molecule has 22 heavy (non-hydrogen) atoms. The van der Waals surface area contributed by atoms with Crippen molar-refractivity contribution in [2.24, 2.45) is 0 Å². The van der Waals surface area contributed by atoms with Crippen molar-refractivity contribution in [2.45, 2.75) is 51.5 Å². The van der Waals surface area contributed by atoms with E-state index in [1.54, 1.807) is 7.11 Å². The Labute approximate surface area is 140 Å². The average Bonchev–Trinajstić information content (AvgIpc) is 2.50. The van der Waals surface area contributed by atoms with Crippen LogP contribution in [0.1, 0.15) is 66.6 Å². The number of halogens is 1. The molecule has 0 fully saturated rings. The normalized spacial score (nSPS) is 16.9. The number of hydrogen-bond donors (Lipinski definition) is 1. The van der Waals surface area contributed by atoms with Crippen molar-refractivity contribution in [2.75, 3.05) is 21.2 Å². The third kappa shape index (κ3) is 3.82. The third-order valence-electron chi connectivity index (χ3n) is 4.56. The van der Waals surface area contributed by atoms with Crippen molar-refractivity contribution in [1.29, 1.82) is 0 Å². The lowest BCUT2D eigenvalue weighted by atomic mass is 9.81. The van der Waals surface area contributed by atoms with E-state index >= 15 is 0 Å². The Balaban J connectivity index is 0.00000242. The summed E-state index contributed by atoms with van der Waals surface area (Å²) in [6.45, 7) is 2.13. The first-order valence-corrected chi connectivity index (χ1v) is 8.13. The number of unbranched alkanes of at least 4 members (excludes halogenated alkanes) is 1. The summed E-state index contributed by atoms with van der Waals surface area (Å²) in [4.78, 5) is 14.0. The van der Waals surface area contributed by atoms with Crippen LogP contribution < -0.4 is 22.0 Å². The summed E-state index contributed by atoms with van der Waals surface area (Å²) in [5.41, 5.74) is 3.45. The van der Waals surface area contributed by atoms with Crippen molar-refractivity contribution in [3.63, 3.8) is 0 Å². The lowest BCUT2D eigenvalue weighted by Gasteiger charge is -2.30. The zero-order valence-electron chi connectivity index (χ0n) is 14.2. The van der Waals surface area contributed by atoms with Crippen LogP contribution in [0.5, 0.6) is 5.75 Å². The summed E-state index contributed by atoms with van der Waals surface area (Å²) in [6.07, 6.45) is 6.04. The molecule has 1 aromatic carbocycles. The van der Waals surface area contributed by atoms with E-state index in [0.29, 0.717) is 18.2 Å². The highest BCUT2D eigenvalue weighted by Crippen LogP contribution is 2.37. The molecule has 0 heterocycles. The van der Waals surface area contributed by atoms with Gasteiger partial charge in [-0.25, -0.2) is 0 Å². The summed E-state index contributed by atoms with van der Waals surface area (Å²) in [5, 5.41) is 0. The van der Waals surface area contributed by atoms with Crippen LogP contribution in [0.3, 0.4) is 0 Å². The predicted octanol–water partition coefficient (Wildman–Crippen LogP) is -0.406. The first-order chi connectivity index (χ1) is 10.1. The van der Waals surface area contributed by atoms with Gasteiger partial charge in [-0.2, -0.15) is 0 Å². The van der Waals surface area contributed by atoms with E-state index in [4.69, 9.17) is 4.74 Å². The van der Waals surface area contributed by atoms with E-state index in [1.807, 2.05) is 12.1 Å². The summed E-state index contributed by atoms with van der Waals surface area (Å²) in [5.74, 6) is 1.24. The van der Waals surface area contributed by atoms with Gasteiger partial charge in [-0.3, -0.25) is 4.79 Å². The molecule has 0 bridgehead atoms. The minimum absolute atomic E-state index is 0. The van der Waals surface area contributed by atoms with E-state index < -0.39 is 0 Å². The Kier molecular flexibility index (Phi) is 7.37.